The molecule has 1 saturated heterocycles. The normalized spacial score (nSPS) is 54.4. The van der Waals surface area contributed by atoms with Gasteiger partial charge >= 0.3 is 0 Å². The fourth-order valence-corrected chi connectivity index (χ4v) is 5.95. The maximum absolute atomic E-state index is 12.2. The molecule has 5 fully saturated rings. The second-order valence-corrected chi connectivity index (χ2v) is 8.00. The summed E-state index contributed by atoms with van der Waals surface area (Å²) in [7, 11) is 0. The fraction of sp³-hybridized carbons (Fsp3) is 0.929. The Morgan fingerprint density at radius 3 is 2.39 bits per heavy atom. The molecule has 1 heterocycles. The van der Waals surface area contributed by atoms with Gasteiger partial charge in [-0.25, -0.2) is 0 Å². The van der Waals surface area contributed by atoms with Crippen LogP contribution in [-0.2, 0) is 4.79 Å². The van der Waals surface area contributed by atoms with E-state index in [4.69, 9.17) is 0 Å². The van der Waals surface area contributed by atoms with Crippen molar-refractivity contribution in [2.24, 2.45) is 11.8 Å². The third-order valence-corrected chi connectivity index (χ3v) is 6.02. The highest BCUT2D eigenvalue weighted by molar-refractivity contribution is 7.81. The predicted molar refractivity (Wildman–Crippen MR) is 71.5 cm³/mol. The number of hydrogen-bond donors (Lipinski definition) is 2. The van der Waals surface area contributed by atoms with Gasteiger partial charge in [-0.1, -0.05) is 0 Å². The van der Waals surface area contributed by atoms with Crippen molar-refractivity contribution in [3.8, 4) is 0 Å². The van der Waals surface area contributed by atoms with E-state index in [0.717, 1.165) is 38.6 Å². The number of amides is 1. The highest BCUT2D eigenvalue weighted by atomic mass is 32.1. The van der Waals surface area contributed by atoms with E-state index in [9.17, 15) is 9.90 Å². The van der Waals surface area contributed by atoms with Crippen molar-refractivity contribution in [2.75, 3.05) is 6.54 Å². The van der Waals surface area contributed by atoms with Crippen LogP contribution in [0.5, 0.6) is 0 Å². The molecule has 18 heavy (non-hydrogen) atoms. The summed E-state index contributed by atoms with van der Waals surface area (Å²) in [5, 5.41) is 10.9. The van der Waals surface area contributed by atoms with Gasteiger partial charge in [-0.15, -0.1) is 0 Å². The van der Waals surface area contributed by atoms with Gasteiger partial charge in [-0.2, -0.15) is 12.6 Å². The minimum atomic E-state index is -0.473. The van der Waals surface area contributed by atoms with E-state index in [2.05, 4.69) is 17.5 Å². The Hall–Kier alpha value is -0.220. The maximum Gasteiger partial charge on any atom is 0.224 e. The highest BCUT2D eigenvalue weighted by Crippen LogP contribution is 2.60. The molecule has 4 aliphatic carbocycles. The van der Waals surface area contributed by atoms with E-state index in [1.165, 1.54) is 6.42 Å². The Balaban J connectivity index is 1.69. The number of thiol groups is 1. The summed E-state index contributed by atoms with van der Waals surface area (Å²) in [6, 6.07) is 0. The Kier molecular flexibility index (Phi) is 2.22. The molecule has 1 amide bonds. The smallest absolute Gasteiger partial charge is 0.224 e. The first-order chi connectivity index (χ1) is 8.48. The molecule has 4 bridgehead atoms. The first-order valence-electron chi connectivity index (χ1n) is 7.19. The molecule has 0 aromatic rings. The molecule has 0 aromatic carbocycles. The van der Waals surface area contributed by atoms with Crippen molar-refractivity contribution >= 4 is 18.5 Å². The number of rotatable bonds is 1. The zero-order valence-corrected chi connectivity index (χ0v) is 11.5. The van der Waals surface area contributed by atoms with Gasteiger partial charge in [0.25, 0.3) is 0 Å². The van der Waals surface area contributed by atoms with Crippen molar-refractivity contribution in [1.82, 2.24) is 4.90 Å². The zero-order valence-electron chi connectivity index (χ0n) is 10.6. The van der Waals surface area contributed by atoms with Crippen LogP contribution < -0.4 is 0 Å². The third-order valence-electron chi connectivity index (χ3n) is 5.68. The lowest BCUT2D eigenvalue weighted by Crippen LogP contribution is -2.65. The molecule has 3 atom stereocenters. The van der Waals surface area contributed by atoms with E-state index in [0.29, 0.717) is 18.3 Å². The van der Waals surface area contributed by atoms with Crippen LogP contribution >= 0.6 is 12.6 Å². The molecule has 100 valence electrons. The molecule has 0 spiro atoms. The zero-order chi connectivity index (χ0) is 12.5. The quantitative estimate of drug-likeness (QED) is 0.709. The van der Waals surface area contributed by atoms with E-state index in [-0.39, 0.29) is 16.7 Å². The van der Waals surface area contributed by atoms with E-state index < -0.39 is 5.60 Å². The molecule has 3 nitrogen and oxygen atoms in total. The standard InChI is InChI=1S/C14H21NO2S/c16-12-2-11(18)7-15(12)13-3-9-1-10(4-13)6-14(17,5-9)8-13/h9-11,17-18H,1-8H2. The SMILES string of the molecule is O=C1CC(S)CN1C12CC3CC(CC(O)(C3)C1)C2. The molecule has 0 aromatic heterocycles. The van der Waals surface area contributed by atoms with Gasteiger partial charge in [0.1, 0.15) is 0 Å². The van der Waals surface area contributed by atoms with Crippen LogP contribution in [0.3, 0.4) is 0 Å². The van der Waals surface area contributed by atoms with E-state index in [1.54, 1.807) is 0 Å². The number of carbonyl (C=O) groups is 1. The highest BCUT2D eigenvalue weighted by Gasteiger charge is 2.60. The summed E-state index contributed by atoms with van der Waals surface area (Å²) < 4.78 is 0. The van der Waals surface area contributed by atoms with Crippen LogP contribution in [0.1, 0.15) is 44.9 Å². The van der Waals surface area contributed by atoms with Crippen LogP contribution in [-0.4, -0.2) is 38.8 Å². The number of likely N-dealkylation sites (tertiary alicyclic amines) is 1. The summed E-state index contributed by atoms with van der Waals surface area (Å²) >= 11 is 4.48. The minimum Gasteiger partial charge on any atom is -0.390 e. The monoisotopic (exact) mass is 267 g/mol. The van der Waals surface area contributed by atoms with Gasteiger partial charge in [-0.05, 0) is 50.4 Å². The Morgan fingerprint density at radius 1 is 1.22 bits per heavy atom. The van der Waals surface area contributed by atoms with Gasteiger partial charge < -0.3 is 10.0 Å². The molecule has 3 unspecified atom stereocenters. The lowest BCUT2D eigenvalue weighted by molar-refractivity contribution is -0.179. The Bertz CT molecular complexity index is 397. The molecule has 5 rings (SSSR count). The second-order valence-electron chi connectivity index (χ2n) is 7.27. The molecular formula is C14H21NO2S. The van der Waals surface area contributed by atoms with Gasteiger partial charge in [0, 0.05) is 23.8 Å². The Labute approximate surface area is 113 Å². The molecule has 4 heteroatoms. The van der Waals surface area contributed by atoms with Crippen molar-refractivity contribution in [3.63, 3.8) is 0 Å². The van der Waals surface area contributed by atoms with Crippen LogP contribution in [0, 0.1) is 11.8 Å². The molecular weight excluding hydrogens is 246 g/mol. The maximum atomic E-state index is 12.2. The predicted octanol–water partition coefficient (Wildman–Crippen LogP) is 1.60. The molecule has 4 saturated carbocycles. The largest absolute Gasteiger partial charge is 0.390 e. The number of nitrogens with zero attached hydrogens (tertiary/aromatic N) is 1. The van der Waals surface area contributed by atoms with Gasteiger partial charge in [0.05, 0.1) is 5.60 Å². The molecule has 1 aliphatic heterocycles. The van der Waals surface area contributed by atoms with E-state index in [1.807, 2.05) is 0 Å². The van der Waals surface area contributed by atoms with Crippen molar-refractivity contribution in [3.05, 3.63) is 0 Å². The first kappa shape index (κ1) is 11.6. The van der Waals surface area contributed by atoms with Crippen LogP contribution in [0.2, 0.25) is 0 Å². The van der Waals surface area contributed by atoms with Gasteiger partial charge in [0.15, 0.2) is 0 Å². The van der Waals surface area contributed by atoms with Crippen LogP contribution in [0.25, 0.3) is 0 Å². The number of carbonyl (C=O) groups excluding carboxylic acids is 1. The summed E-state index contributed by atoms with van der Waals surface area (Å²) in [5.41, 5.74) is -0.494. The summed E-state index contributed by atoms with van der Waals surface area (Å²) in [6.07, 6.45) is 6.86. The number of aliphatic hydroxyl groups is 1. The summed E-state index contributed by atoms with van der Waals surface area (Å²) in [5.74, 6) is 1.55. The molecule has 0 radical (unpaired) electrons. The average molecular weight is 267 g/mol. The van der Waals surface area contributed by atoms with Gasteiger partial charge in [-0.3, -0.25) is 4.79 Å². The first-order valence-corrected chi connectivity index (χ1v) is 7.71. The van der Waals surface area contributed by atoms with Gasteiger partial charge in [0.2, 0.25) is 5.91 Å². The summed E-state index contributed by atoms with van der Waals surface area (Å²) in [4.78, 5) is 14.3. The van der Waals surface area contributed by atoms with Crippen LogP contribution in [0.15, 0.2) is 0 Å². The number of hydrogen-bond acceptors (Lipinski definition) is 3. The van der Waals surface area contributed by atoms with Crippen molar-refractivity contribution in [1.29, 1.82) is 0 Å². The lowest BCUT2D eigenvalue weighted by Gasteiger charge is -2.62. The molecule has 1 N–H and O–H groups in total. The average Bonchev–Trinajstić information content (AvgIpc) is 2.54. The molecule has 5 aliphatic rings. The van der Waals surface area contributed by atoms with E-state index >= 15 is 0 Å². The van der Waals surface area contributed by atoms with Crippen molar-refractivity contribution in [2.45, 2.75) is 61.3 Å². The fourth-order valence-electron chi connectivity index (χ4n) is 5.63. The minimum absolute atomic E-state index is 0.0204. The van der Waals surface area contributed by atoms with Crippen LogP contribution in [0.4, 0.5) is 0 Å². The third kappa shape index (κ3) is 1.51. The lowest BCUT2D eigenvalue weighted by atomic mass is 9.50. The van der Waals surface area contributed by atoms with Crippen molar-refractivity contribution < 1.29 is 9.90 Å². The topological polar surface area (TPSA) is 40.5 Å². The summed E-state index contributed by atoms with van der Waals surface area (Å²) in [6.45, 7) is 0.789. The second kappa shape index (κ2) is 3.45. The Morgan fingerprint density at radius 2 is 1.89 bits per heavy atom.